The summed E-state index contributed by atoms with van der Waals surface area (Å²) in [5.74, 6) is 0.523. The molecule has 1 aliphatic heterocycles. The molecule has 0 saturated heterocycles. The maximum Gasteiger partial charge on any atom is 0.254 e. The number of hydrogen-bond donors (Lipinski definition) is 0. The van der Waals surface area contributed by atoms with Gasteiger partial charge in [0, 0.05) is 18.7 Å². The molecule has 1 aromatic carbocycles. The zero-order valence-corrected chi connectivity index (χ0v) is 9.53. The summed E-state index contributed by atoms with van der Waals surface area (Å²) < 4.78 is 0. The molecule has 0 radical (unpaired) electrons. The lowest BCUT2D eigenvalue weighted by Crippen LogP contribution is -2.27. The molecule has 0 aromatic heterocycles. The highest BCUT2D eigenvalue weighted by Crippen LogP contribution is 2.24. The Hall–Kier alpha value is -1.82. The number of nitrogens with zero attached hydrogens (tertiary/aromatic N) is 2. The number of rotatable bonds is 2. The fraction of sp³-hybridized carbons (Fsp3) is 0.385. The van der Waals surface area contributed by atoms with Gasteiger partial charge in [0.2, 0.25) is 0 Å². The second-order valence-electron chi connectivity index (χ2n) is 4.56. The lowest BCUT2D eigenvalue weighted by Gasteiger charge is -2.17. The van der Waals surface area contributed by atoms with Crippen molar-refractivity contribution in [1.29, 1.82) is 5.26 Å². The Bertz CT molecular complexity index is 471. The fourth-order valence-electron chi connectivity index (χ4n) is 2.02. The van der Waals surface area contributed by atoms with Gasteiger partial charge in [0.15, 0.2) is 0 Å². The number of hydrogen-bond acceptors (Lipinski definition) is 2. The Balaban J connectivity index is 2.29. The average Bonchev–Trinajstić information content (AvgIpc) is 2.55. The van der Waals surface area contributed by atoms with E-state index >= 15 is 0 Å². The summed E-state index contributed by atoms with van der Waals surface area (Å²) in [5, 5.41) is 8.79. The van der Waals surface area contributed by atoms with E-state index in [4.69, 9.17) is 5.26 Å². The number of carbonyl (C=O) groups excluding carboxylic acids is 1. The van der Waals surface area contributed by atoms with E-state index in [1.807, 2.05) is 11.0 Å². The SMILES string of the molecule is CC(C)CN1Cc2ccc(C#N)cc2C1=O. The molecule has 0 N–H and O–H groups in total. The summed E-state index contributed by atoms with van der Waals surface area (Å²) in [7, 11) is 0. The predicted molar refractivity (Wildman–Crippen MR) is 60.7 cm³/mol. The number of nitriles is 1. The molecule has 16 heavy (non-hydrogen) atoms. The van der Waals surface area contributed by atoms with Crippen LogP contribution in [0.1, 0.15) is 35.3 Å². The van der Waals surface area contributed by atoms with Gasteiger partial charge in [0.25, 0.3) is 5.91 Å². The van der Waals surface area contributed by atoms with Crippen molar-refractivity contribution in [3.8, 4) is 6.07 Å². The van der Waals surface area contributed by atoms with Crippen molar-refractivity contribution in [1.82, 2.24) is 4.90 Å². The normalized spacial score (nSPS) is 14.1. The highest BCUT2D eigenvalue weighted by atomic mass is 16.2. The minimum Gasteiger partial charge on any atom is -0.334 e. The second-order valence-corrected chi connectivity index (χ2v) is 4.56. The largest absolute Gasteiger partial charge is 0.334 e. The van der Waals surface area contributed by atoms with Crippen LogP contribution in [0, 0.1) is 17.2 Å². The van der Waals surface area contributed by atoms with Crippen LogP contribution in [0.15, 0.2) is 18.2 Å². The summed E-state index contributed by atoms with van der Waals surface area (Å²) in [5.41, 5.74) is 2.28. The van der Waals surface area contributed by atoms with Crippen LogP contribution in [0.25, 0.3) is 0 Å². The third-order valence-corrected chi connectivity index (χ3v) is 2.70. The third-order valence-electron chi connectivity index (χ3n) is 2.70. The first kappa shape index (κ1) is 10.7. The Morgan fingerprint density at radius 3 is 2.88 bits per heavy atom. The molecule has 0 aliphatic carbocycles. The summed E-state index contributed by atoms with van der Waals surface area (Å²) in [6.07, 6.45) is 0. The number of fused-ring (bicyclic) bond motifs is 1. The Kier molecular flexibility index (Phi) is 2.66. The van der Waals surface area contributed by atoms with Crippen LogP contribution in [0.4, 0.5) is 0 Å². The van der Waals surface area contributed by atoms with Crippen LogP contribution in [0.2, 0.25) is 0 Å². The molecule has 1 amide bonds. The quantitative estimate of drug-likeness (QED) is 0.757. The van der Waals surface area contributed by atoms with Crippen molar-refractivity contribution < 1.29 is 4.79 Å². The lowest BCUT2D eigenvalue weighted by atomic mass is 10.1. The van der Waals surface area contributed by atoms with Crippen molar-refractivity contribution >= 4 is 5.91 Å². The van der Waals surface area contributed by atoms with E-state index in [0.29, 0.717) is 23.6 Å². The van der Waals surface area contributed by atoms with E-state index in [0.717, 1.165) is 12.1 Å². The van der Waals surface area contributed by atoms with Crippen molar-refractivity contribution in [2.24, 2.45) is 5.92 Å². The average molecular weight is 214 g/mol. The van der Waals surface area contributed by atoms with E-state index in [1.165, 1.54) is 0 Å². The van der Waals surface area contributed by atoms with Gasteiger partial charge in [-0.2, -0.15) is 5.26 Å². The topological polar surface area (TPSA) is 44.1 Å². The zero-order valence-electron chi connectivity index (χ0n) is 9.53. The summed E-state index contributed by atoms with van der Waals surface area (Å²) in [4.78, 5) is 13.9. The van der Waals surface area contributed by atoms with Gasteiger partial charge in [-0.15, -0.1) is 0 Å². The van der Waals surface area contributed by atoms with Gasteiger partial charge in [0.1, 0.15) is 0 Å². The monoisotopic (exact) mass is 214 g/mol. The molecule has 1 heterocycles. The van der Waals surface area contributed by atoms with Crippen molar-refractivity contribution in [2.45, 2.75) is 20.4 Å². The first-order valence-electron chi connectivity index (χ1n) is 5.44. The third kappa shape index (κ3) is 1.79. The molecule has 0 atom stereocenters. The first-order chi connectivity index (χ1) is 7.61. The van der Waals surface area contributed by atoms with Gasteiger partial charge in [-0.25, -0.2) is 0 Å². The van der Waals surface area contributed by atoms with Gasteiger partial charge in [-0.3, -0.25) is 4.79 Å². The molecule has 82 valence electrons. The van der Waals surface area contributed by atoms with Crippen LogP contribution >= 0.6 is 0 Å². The van der Waals surface area contributed by atoms with Crippen LogP contribution in [0.5, 0.6) is 0 Å². The van der Waals surface area contributed by atoms with Crippen LogP contribution in [-0.4, -0.2) is 17.4 Å². The standard InChI is InChI=1S/C13H14N2O/c1-9(2)7-15-8-11-4-3-10(6-14)5-12(11)13(15)16/h3-5,9H,7-8H2,1-2H3. The summed E-state index contributed by atoms with van der Waals surface area (Å²) in [6.45, 7) is 5.64. The van der Waals surface area contributed by atoms with Gasteiger partial charge in [0.05, 0.1) is 11.6 Å². The maximum atomic E-state index is 12.0. The molecule has 1 aliphatic rings. The highest BCUT2D eigenvalue weighted by molar-refractivity contribution is 5.98. The second kappa shape index (κ2) is 3.97. The van der Waals surface area contributed by atoms with E-state index in [-0.39, 0.29) is 5.91 Å². The van der Waals surface area contributed by atoms with Crippen LogP contribution in [-0.2, 0) is 6.54 Å². The molecule has 0 spiro atoms. The molecule has 0 saturated carbocycles. The zero-order chi connectivity index (χ0) is 11.7. The minimum absolute atomic E-state index is 0.0563. The van der Waals surface area contributed by atoms with Gasteiger partial charge in [-0.05, 0) is 23.6 Å². The Labute approximate surface area is 95.3 Å². The van der Waals surface area contributed by atoms with E-state index in [2.05, 4.69) is 19.9 Å². The maximum absolute atomic E-state index is 12.0. The smallest absolute Gasteiger partial charge is 0.254 e. The molecule has 1 aromatic rings. The predicted octanol–water partition coefficient (Wildman–Crippen LogP) is 2.17. The van der Waals surface area contributed by atoms with E-state index in [9.17, 15) is 4.79 Å². The minimum atomic E-state index is 0.0563. The number of carbonyl (C=O) groups is 1. The van der Waals surface area contributed by atoms with E-state index in [1.54, 1.807) is 12.1 Å². The number of amides is 1. The molecule has 3 nitrogen and oxygen atoms in total. The van der Waals surface area contributed by atoms with Gasteiger partial charge >= 0.3 is 0 Å². The molecule has 3 heteroatoms. The molecule has 0 fully saturated rings. The van der Waals surface area contributed by atoms with Crippen molar-refractivity contribution in [3.63, 3.8) is 0 Å². The van der Waals surface area contributed by atoms with Gasteiger partial charge in [-0.1, -0.05) is 19.9 Å². The van der Waals surface area contributed by atoms with Crippen LogP contribution < -0.4 is 0 Å². The number of benzene rings is 1. The summed E-state index contributed by atoms with van der Waals surface area (Å²) >= 11 is 0. The molecular formula is C13H14N2O. The Morgan fingerprint density at radius 1 is 1.50 bits per heavy atom. The summed E-state index contributed by atoms with van der Waals surface area (Å²) in [6, 6.07) is 7.40. The van der Waals surface area contributed by atoms with E-state index < -0.39 is 0 Å². The molecular weight excluding hydrogens is 200 g/mol. The fourth-order valence-corrected chi connectivity index (χ4v) is 2.02. The molecule has 2 rings (SSSR count). The van der Waals surface area contributed by atoms with Crippen molar-refractivity contribution in [3.05, 3.63) is 34.9 Å². The van der Waals surface area contributed by atoms with Gasteiger partial charge < -0.3 is 4.90 Å². The lowest BCUT2D eigenvalue weighted by molar-refractivity contribution is 0.0760. The van der Waals surface area contributed by atoms with Crippen LogP contribution in [0.3, 0.4) is 0 Å². The molecule has 0 bridgehead atoms. The first-order valence-corrected chi connectivity index (χ1v) is 5.44. The van der Waals surface area contributed by atoms with Crippen molar-refractivity contribution in [2.75, 3.05) is 6.54 Å². The highest BCUT2D eigenvalue weighted by Gasteiger charge is 2.27. The molecule has 0 unspecified atom stereocenters. The Morgan fingerprint density at radius 2 is 2.25 bits per heavy atom.